The summed E-state index contributed by atoms with van der Waals surface area (Å²) in [5.41, 5.74) is 1.52. The standard InChI is InChI=1S/C22H29BrO3/c1-13(2)14-8-9-16-15(12-14)17(24)18(23)22(5)20(16,3)10-7-11-21(22,4)19(25)26-6/h8-9,12-13,18H,7,10-11H2,1-6H3/t18-,20-,21+,22-/m1/s1. The Morgan fingerprint density at radius 2 is 1.88 bits per heavy atom. The molecule has 1 aromatic carbocycles. The molecule has 4 heteroatoms. The summed E-state index contributed by atoms with van der Waals surface area (Å²) < 4.78 is 5.20. The van der Waals surface area contributed by atoms with E-state index in [9.17, 15) is 9.59 Å². The number of hydrogen-bond acceptors (Lipinski definition) is 3. The topological polar surface area (TPSA) is 43.4 Å². The van der Waals surface area contributed by atoms with Crippen molar-refractivity contribution in [2.45, 2.75) is 70.0 Å². The number of methoxy groups -OCH3 is 1. The Morgan fingerprint density at radius 3 is 2.46 bits per heavy atom. The number of benzene rings is 1. The third-order valence-corrected chi connectivity index (χ3v) is 8.92. The lowest BCUT2D eigenvalue weighted by molar-refractivity contribution is -0.170. The van der Waals surface area contributed by atoms with E-state index in [-0.39, 0.29) is 17.2 Å². The molecule has 3 rings (SSSR count). The van der Waals surface area contributed by atoms with Crippen LogP contribution in [-0.4, -0.2) is 23.7 Å². The van der Waals surface area contributed by atoms with Crippen molar-refractivity contribution in [1.29, 1.82) is 0 Å². The van der Waals surface area contributed by atoms with Gasteiger partial charge in [0.1, 0.15) is 0 Å². The van der Waals surface area contributed by atoms with Gasteiger partial charge < -0.3 is 4.74 Å². The van der Waals surface area contributed by atoms with Gasteiger partial charge in [0.2, 0.25) is 0 Å². The minimum absolute atomic E-state index is 0.0829. The lowest BCUT2D eigenvalue weighted by atomic mass is 9.41. The summed E-state index contributed by atoms with van der Waals surface area (Å²) in [6.07, 6.45) is 2.64. The van der Waals surface area contributed by atoms with Crippen molar-refractivity contribution in [3.8, 4) is 0 Å². The van der Waals surface area contributed by atoms with Gasteiger partial charge in [-0.2, -0.15) is 0 Å². The van der Waals surface area contributed by atoms with Crippen LogP contribution in [0.4, 0.5) is 0 Å². The van der Waals surface area contributed by atoms with Gasteiger partial charge in [0.15, 0.2) is 5.78 Å². The highest BCUT2D eigenvalue weighted by atomic mass is 79.9. The molecule has 0 aromatic heterocycles. The Bertz CT molecular complexity index is 771. The molecule has 0 amide bonds. The number of ketones is 1. The summed E-state index contributed by atoms with van der Waals surface area (Å²) in [4.78, 5) is 25.8. The number of halogens is 1. The van der Waals surface area contributed by atoms with Crippen molar-refractivity contribution < 1.29 is 14.3 Å². The zero-order valence-electron chi connectivity index (χ0n) is 16.6. The van der Waals surface area contributed by atoms with E-state index in [4.69, 9.17) is 4.74 Å². The number of alkyl halides is 1. The maximum Gasteiger partial charge on any atom is 0.312 e. The van der Waals surface area contributed by atoms with Crippen LogP contribution in [0.2, 0.25) is 0 Å². The molecular weight excluding hydrogens is 392 g/mol. The van der Waals surface area contributed by atoms with Gasteiger partial charge in [0, 0.05) is 16.4 Å². The average Bonchev–Trinajstić information content (AvgIpc) is 2.62. The van der Waals surface area contributed by atoms with E-state index in [0.717, 1.165) is 30.4 Å². The van der Waals surface area contributed by atoms with E-state index in [1.165, 1.54) is 12.7 Å². The molecule has 0 spiro atoms. The third-order valence-electron chi connectivity index (χ3n) is 7.59. The number of hydrogen-bond donors (Lipinski definition) is 0. The molecule has 1 saturated carbocycles. The molecule has 1 aromatic rings. The van der Waals surface area contributed by atoms with Crippen molar-refractivity contribution in [3.63, 3.8) is 0 Å². The van der Waals surface area contributed by atoms with Crippen LogP contribution in [0.5, 0.6) is 0 Å². The number of Topliss-reactive ketones (excluding diaryl/α,β-unsaturated/α-hetero) is 1. The zero-order valence-corrected chi connectivity index (χ0v) is 18.2. The number of rotatable bonds is 2. The van der Waals surface area contributed by atoms with Crippen LogP contribution >= 0.6 is 15.9 Å². The zero-order chi connectivity index (χ0) is 19.5. The van der Waals surface area contributed by atoms with E-state index in [2.05, 4.69) is 61.8 Å². The van der Waals surface area contributed by atoms with E-state index in [1.54, 1.807) is 0 Å². The molecule has 0 radical (unpaired) electrons. The van der Waals surface area contributed by atoms with Crippen LogP contribution < -0.4 is 0 Å². The highest BCUT2D eigenvalue weighted by molar-refractivity contribution is 9.10. The second-order valence-electron chi connectivity index (χ2n) is 8.90. The predicted molar refractivity (Wildman–Crippen MR) is 107 cm³/mol. The minimum atomic E-state index is -0.715. The molecule has 0 N–H and O–H groups in total. The Labute approximate surface area is 165 Å². The Hall–Kier alpha value is -1.16. The summed E-state index contributed by atoms with van der Waals surface area (Å²) >= 11 is 3.73. The van der Waals surface area contributed by atoms with E-state index in [1.807, 2.05) is 6.92 Å². The van der Waals surface area contributed by atoms with Gasteiger partial charge in [0.05, 0.1) is 17.4 Å². The number of ether oxygens (including phenoxy) is 1. The number of esters is 1. The summed E-state index contributed by atoms with van der Waals surface area (Å²) in [6, 6.07) is 6.33. The number of carbonyl (C=O) groups is 2. The van der Waals surface area contributed by atoms with Crippen LogP contribution in [0, 0.1) is 10.8 Å². The molecular formula is C22H29BrO3. The minimum Gasteiger partial charge on any atom is -0.469 e. The maximum absolute atomic E-state index is 13.4. The normalized spacial score (nSPS) is 36.5. The second-order valence-corrected chi connectivity index (χ2v) is 9.81. The quantitative estimate of drug-likeness (QED) is 0.475. The smallest absolute Gasteiger partial charge is 0.312 e. The molecule has 2 aliphatic carbocycles. The molecule has 0 heterocycles. The number of fused-ring (bicyclic) bond motifs is 3. The van der Waals surface area contributed by atoms with Gasteiger partial charge in [-0.05, 0) is 42.9 Å². The molecule has 0 aliphatic heterocycles. The highest BCUT2D eigenvalue weighted by Gasteiger charge is 2.68. The van der Waals surface area contributed by atoms with Crippen molar-refractivity contribution in [3.05, 3.63) is 34.9 Å². The molecule has 3 nitrogen and oxygen atoms in total. The Morgan fingerprint density at radius 1 is 1.23 bits per heavy atom. The van der Waals surface area contributed by atoms with Crippen molar-refractivity contribution >= 4 is 27.7 Å². The second kappa shape index (κ2) is 6.19. The van der Waals surface area contributed by atoms with E-state index >= 15 is 0 Å². The summed E-state index contributed by atoms with van der Waals surface area (Å²) in [6.45, 7) is 10.6. The maximum atomic E-state index is 13.4. The molecule has 142 valence electrons. The Kier molecular flexibility index (Phi) is 4.66. The Balaban J connectivity index is 2.29. The predicted octanol–water partition coefficient (Wildman–Crippen LogP) is 5.40. The molecule has 0 unspecified atom stereocenters. The van der Waals surface area contributed by atoms with Crippen LogP contribution in [0.15, 0.2) is 18.2 Å². The first kappa shape index (κ1) is 19.6. The van der Waals surface area contributed by atoms with Gasteiger partial charge >= 0.3 is 5.97 Å². The first-order valence-electron chi connectivity index (χ1n) is 9.45. The molecule has 0 saturated heterocycles. The fourth-order valence-corrected chi connectivity index (χ4v) is 6.70. The summed E-state index contributed by atoms with van der Waals surface area (Å²) in [7, 11) is 1.44. The van der Waals surface area contributed by atoms with Gasteiger partial charge in [-0.15, -0.1) is 0 Å². The van der Waals surface area contributed by atoms with Crippen molar-refractivity contribution in [1.82, 2.24) is 0 Å². The largest absolute Gasteiger partial charge is 0.469 e. The molecule has 0 bridgehead atoms. The molecule has 26 heavy (non-hydrogen) atoms. The van der Waals surface area contributed by atoms with Crippen LogP contribution in [0.1, 0.15) is 81.3 Å². The van der Waals surface area contributed by atoms with Crippen molar-refractivity contribution in [2.75, 3.05) is 7.11 Å². The van der Waals surface area contributed by atoms with Gasteiger partial charge in [-0.3, -0.25) is 9.59 Å². The van der Waals surface area contributed by atoms with E-state index < -0.39 is 15.7 Å². The summed E-state index contributed by atoms with van der Waals surface area (Å²) in [5.74, 6) is 0.236. The number of carbonyl (C=O) groups excluding carboxylic acids is 2. The van der Waals surface area contributed by atoms with Crippen LogP contribution in [0.3, 0.4) is 0 Å². The van der Waals surface area contributed by atoms with Gasteiger partial charge in [-0.1, -0.05) is 62.2 Å². The molecule has 1 fully saturated rings. The first-order valence-corrected chi connectivity index (χ1v) is 10.4. The fraction of sp³-hybridized carbons (Fsp3) is 0.636. The first-order chi connectivity index (χ1) is 12.0. The van der Waals surface area contributed by atoms with Gasteiger partial charge in [0.25, 0.3) is 0 Å². The van der Waals surface area contributed by atoms with Crippen LogP contribution in [-0.2, 0) is 14.9 Å². The van der Waals surface area contributed by atoms with Crippen molar-refractivity contribution in [2.24, 2.45) is 10.8 Å². The molecule has 4 atom stereocenters. The monoisotopic (exact) mass is 420 g/mol. The molecule has 2 aliphatic rings. The SMILES string of the molecule is COC(=O)[C@]1(C)CCC[C@]2(C)c3ccc(C(C)C)cc3C(=O)[C@@H](Br)[C@@]12C. The van der Waals surface area contributed by atoms with Crippen LogP contribution in [0.25, 0.3) is 0 Å². The average molecular weight is 421 g/mol. The van der Waals surface area contributed by atoms with E-state index in [0.29, 0.717) is 5.92 Å². The third kappa shape index (κ3) is 2.23. The van der Waals surface area contributed by atoms with Gasteiger partial charge in [-0.25, -0.2) is 0 Å². The highest BCUT2D eigenvalue weighted by Crippen LogP contribution is 2.66. The fourth-order valence-electron chi connectivity index (χ4n) is 5.44. The lowest BCUT2D eigenvalue weighted by Gasteiger charge is -2.62. The summed E-state index contributed by atoms with van der Waals surface area (Å²) in [5, 5.41) is 0. The lowest BCUT2D eigenvalue weighted by Crippen LogP contribution is -2.66.